The van der Waals surface area contributed by atoms with Gasteiger partial charge in [0.05, 0.1) is 18.4 Å². The summed E-state index contributed by atoms with van der Waals surface area (Å²) in [5.41, 5.74) is 4.32. The monoisotopic (exact) mass is 526 g/mol. The van der Waals surface area contributed by atoms with Crippen LogP contribution >= 0.6 is 15.9 Å². The highest BCUT2D eigenvalue weighted by Crippen LogP contribution is 2.29. The molecule has 35 heavy (non-hydrogen) atoms. The van der Waals surface area contributed by atoms with Gasteiger partial charge in [-0.1, -0.05) is 28.1 Å². The Kier molecular flexibility index (Phi) is 6.41. The van der Waals surface area contributed by atoms with Crippen molar-refractivity contribution >= 4 is 44.9 Å². The van der Waals surface area contributed by atoms with Crippen molar-refractivity contribution in [1.29, 1.82) is 0 Å². The number of halogens is 1. The minimum absolute atomic E-state index is 0.415. The second-order valence-electron chi connectivity index (χ2n) is 7.63. The number of aromatic nitrogens is 1. The van der Waals surface area contributed by atoms with Crippen LogP contribution in [0.4, 0.5) is 5.69 Å². The van der Waals surface area contributed by atoms with E-state index in [0.717, 1.165) is 27.0 Å². The number of hydrogen-bond donors (Lipinski definition) is 0. The van der Waals surface area contributed by atoms with E-state index < -0.39 is 5.97 Å². The fourth-order valence-corrected chi connectivity index (χ4v) is 3.83. The van der Waals surface area contributed by atoms with E-state index in [1.807, 2.05) is 60.7 Å². The van der Waals surface area contributed by atoms with Crippen molar-refractivity contribution in [3.8, 4) is 23.0 Å². The molecule has 0 atom stereocenters. The lowest BCUT2D eigenvalue weighted by Gasteiger charge is -2.05. The third-order valence-electron chi connectivity index (χ3n) is 5.20. The van der Waals surface area contributed by atoms with Crippen LogP contribution in [-0.4, -0.2) is 24.3 Å². The molecule has 7 heteroatoms. The molecule has 0 aliphatic heterocycles. The summed E-state index contributed by atoms with van der Waals surface area (Å²) in [5.74, 6) is 1.31. The second-order valence-corrected chi connectivity index (χ2v) is 8.55. The molecule has 1 aromatic heterocycles. The molecule has 0 N–H and O–H groups in total. The van der Waals surface area contributed by atoms with E-state index in [4.69, 9.17) is 13.9 Å². The summed E-state index contributed by atoms with van der Waals surface area (Å²) < 4.78 is 17.4. The largest absolute Gasteiger partial charge is 0.497 e. The molecular weight excluding hydrogens is 508 g/mol. The van der Waals surface area contributed by atoms with Gasteiger partial charge in [0.2, 0.25) is 5.89 Å². The first-order valence-corrected chi connectivity index (χ1v) is 11.5. The summed E-state index contributed by atoms with van der Waals surface area (Å²) >= 11 is 3.36. The van der Waals surface area contributed by atoms with Gasteiger partial charge < -0.3 is 13.9 Å². The molecule has 0 aliphatic rings. The molecule has 0 unspecified atom stereocenters. The molecule has 0 amide bonds. The lowest BCUT2D eigenvalue weighted by Crippen LogP contribution is -2.08. The maximum atomic E-state index is 12.3. The van der Waals surface area contributed by atoms with Crippen LogP contribution in [0, 0.1) is 0 Å². The van der Waals surface area contributed by atoms with Crippen LogP contribution < -0.4 is 9.47 Å². The van der Waals surface area contributed by atoms with Gasteiger partial charge in [-0.25, -0.2) is 9.78 Å². The van der Waals surface area contributed by atoms with Crippen molar-refractivity contribution < 1.29 is 18.7 Å². The molecule has 5 rings (SSSR count). The third-order valence-corrected chi connectivity index (χ3v) is 5.69. The number of ether oxygens (including phenoxy) is 2. The summed E-state index contributed by atoms with van der Waals surface area (Å²) in [6.45, 7) is 0. The third kappa shape index (κ3) is 5.31. The molecule has 0 radical (unpaired) electrons. The molecule has 1 heterocycles. The van der Waals surface area contributed by atoms with Gasteiger partial charge >= 0.3 is 5.97 Å². The van der Waals surface area contributed by atoms with Crippen LogP contribution in [0.2, 0.25) is 0 Å². The van der Waals surface area contributed by atoms with Crippen LogP contribution in [0.3, 0.4) is 0 Å². The van der Waals surface area contributed by atoms with E-state index in [0.29, 0.717) is 28.3 Å². The zero-order valence-corrected chi connectivity index (χ0v) is 20.2. The molecule has 0 fully saturated rings. The van der Waals surface area contributed by atoms with Crippen molar-refractivity contribution in [2.45, 2.75) is 0 Å². The Labute approximate surface area is 210 Å². The Balaban J connectivity index is 1.28. The van der Waals surface area contributed by atoms with E-state index >= 15 is 0 Å². The average molecular weight is 527 g/mol. The average Bonchev–Trinajstić information content (AvgIpc) is 3.32. The predicted molar refractivity (Wildman–Crippen MR) is 139 cm³/mol. The minimum Gasteiger partial charge on any atom is -0.497 e. The summed E-state index contributed by atoms with van der Waals surface area (Å²) in [6, 6.07) is 27.4. The number of nitrogens with zero attached hydrogens (tertiary/aromatic N) is 2. The van der Waals surface area contributed by atoms with Crippen LogP contribution in [0.5, 0.6) is 11.5 Å². The van der Waals surface area contributed by atoms with Gasteiger partial charge in [-0.3, -0.25) is 4.99 Å². The smallest absolute Gasteiger partial charge is 0.343 e. The molecule has 6 nitrogen and oxygen atoms in total. The summed E-state index contributed by atoms with van der Waals surface area (Å²) in [4.78, 5) is 21.4. The van der Waals surface area contributed by atoms with Crippen molar-refractivity contribution in [2.24, 2.45) is 4.99 Å². The maximum Gasteiger partial charge on any atom is 0.343 e. The van der Waals surface area contributed by atoms with Crippen LogP contribution in [0.1, 0.15) is 15.9 Å². The number of fused-ring (bicyclic) bond motifs is 1. The number of methoxy groups -OCH3 is 1. The second kappa shape index (κ2) is 9.95. The molecule has 172 valence electrons. The molecule has 0 aliphatic carbocycles. The number of aliphatic imine (C=N–C) groups is 1. The molecule has 4 aromatic carbocycles. The Morgan fingerprint density at radius 2 is 1.77 bits per heavy atom. The number of rotatable bonds is 6. The number of carbonyl (C=O) groups is 1. The quantitative estimate of drug-likeness (QED) is 0.132. The zero-order valence-electron chi connectivity index (χ0n) is 18.6. The normalized spacial score (nSPS) is 11.1. The van der Waals surface area contributed by atoms with Crippen molar-refractivity contribution in [3.63, 3.8) is 0 Å². The summed E-state index contributed by atoms with van der Waals surface area (Å²) in [5, 5.41) is 0. The molecule has 0 bridgehead atoms. The molecule has 0 saturated heterocycles. The maximum absolute atomic E-state index is 12.3. The predicted octanol–water partition coefficient (Wildman–Crippen LogP) is 7.24. The van der Waals surface area contributed by atoms with Gasteiger partial charge in [0.1, 0.15) is 17.0 Å². The van der Waals surface area contributed by atoms with Crippen LogP contribution in [0.15, 0.2) is 105 Å². The number of carbonyl (C=O) groups excluding carboxylic acids is 1. The fourth-order valence-electron chi connectivity index (χ4n) is 3.43. The molecule has 5 aromatic rings. The van der Waals surface area contributed by atoms with Gasteiger partial charge in [0, 0.05) is 16.3 Å². The highest BCUT2D eigenvalue weighted by atomic mass is 79.9. The highest BCUT2D eigenvalue weighted by Gasteiger charge is 2.10. The van der Waals surface area contributed by atoms with E-state index in [9.17, 15) is 4.79 Å². The highest BCUT2D eigenvalue weighted by molar-refractivity contribution is 9.10. The Morgan fingerprint density at radius 3 is 2.57 bits per heavy atom. The van der Waals surface area contributed by atoms with E-state index in [2.05, 4.69) is 25.9 Å². The zero-order chi connectivity index (χ0) is 24.2. The Morgan fingerprint density at radius 1 is 0.943 bits per heavy atom. The lowest BCUT2D eigenvalue weighted by atomic mass is 10.2. The Hall–Kier alpha value is -4.23. The topological polar surface area (TPSA) is 73.9 Å². The standard InChI is InChI=1S/C28H19BrN2O4/c1-33-24-7-3-4-19(15-24)27-31-25-16-22(10-13-26(25)35-27)30-17-18-8-11-23(12-9-18)34-28(32)20-5-2-6-21(29)14-20/h2-17H,1H3. The SMILES string of the molecule is COc1cccc(-c2nc3cc(N=Cc4ccc(OC(=O)c5cccc(Br)c5)cc4)ccc3o2)c1. The van der Waals surface area contributed by atoms with Crippen molar-refractivity contribution in [2.75, 3.05) is 7.11 Å². The van der Waals surface area contributed by atoms with Crippen molar-refractivity contribution in [1.82, 2.24) is 4.98 Å². The summed E-state index contributed by atoms with van der Waals surface area (Å²) in [7, 11) is 1.62. The first-order chi connectivity index (χ1) is 17.1. The van der Waals surface area contributed by atoms with E-state index in [1.54, 1.807) is 43.7 Å². The first kappa shape index (κ1) is 22.6. The fraction of sp³-hybridized carbons (Fsp3) is 0.0357. The van der Waals surface area contributed by atoms with Crippen LogP contribution in [0.25, 0.3) is 22.6 Å². The van der Waals surface area contributed by atoms with E-state index in [1.165, 1.54) is 0 Å². The summed E-state index contributed by atoms with van der Waals surface area (Å²) in [6.07, 6.45) is 1.74. The van der Waals surface area contributed by atoms with Gasteiger partial charge in [-0.15, -0.1) is 0 Å². The first-order valence-electron chi connectivity index (χ1n) is 10.7. The number of hydrogen-bond acceptors (Lipinski definition) is 6. The number of oxazole rings is 1. The molecule has 0 spiro atoms. The Bertz CT molecular complexity index is 1540. The number of benzene rings is 4. The number of esters is 1. The lowest BCUT2D eigenvalue weighted by molar-refractivity contribution is 0.0734. The van der Waals surface area contributed by atoms with Crippen molar-refractivity contribution in [3.05, 3.63) is 107 Å². The molecular formula is C28H19BrN2O4. The van der Waals surface area contributed by atoms with Gasteiger partial charge in [-0.2, -0.15) is 0 Å². The van der Waals surface area contributed by atoms with Gasteiger partial charge in [-0.05, 0) is 84.4 Å². The van der Waals surface area contributed by atoms with Gasteiger partial charge in [0.15, 0.2) is 5.58 Å². The molecule has 0 saturated carbocycles. The van der Waals surface area contributed by atoms with E-state index in [-0.39, 0.29) is 0 Å². The van der Waals surface area contributed by atoms with Crippen LogP contribution in [-0.2, 0) is 0 Å². The minimum atomic E-state index is -0.415. The van der Waals surface area contributed by atoms with Gasteiger partial charge in [0.25, 0.3) is 0 Å².